The lowest BCUT2D eigenvalue weighted by molar-refractivity contribution is 1.58. The maximum atomic E-state index is 2.23. The summed E-state index contributed by atoms with van der Waals surface area (Å²) in [7, 11) is -0.351. The van der Waals surface area contributed by atoms with Gasteiger partial charge in [-0.25, -0.2) is 0 Å². The number of allylic oxidation sites excluding steroid dienone is 2. The lowest BCUT2D eigenvalue weighted by Gasteiger charge is -2.19. The Morgan fingerprint density at radius 1 is 0.824 bits per heavy atom. The third kappa shape index (κ3) is 2.84. The van der Waals surface area contributed by atoms with Crippen LogP contribution < -0.4 is 10.6 Å². The molecule has 0 N–H and O–H groups in total. The van der Waals surface area contributed by atoms with Gasteiger partial charge in [-0.2, -0.15) is 0 Å². The number of hydrogen-bond donors (Lipinski definition) is 0. The second kappa shape index (κ2) is 5.80. The molecule has 2 rings (SSSR count). The lowest BCUT2D eigenvalue weighted by atomic mass is 10.4. The number of benzene rings is 2. The van der Waals surface area contributed by atoms with E-state index in [0.29, 0.717) is 0 Å². The van der Waals surface area contributed by atoms with Crippen molar-refractivity contribution in [2.75, 3.05) is 0 Å². The summed E-state index contributed by atoms with van der Waals surface area (Å²) in [6.07, 6.45) is 2.23. The van der Waals surface area contributed by atoms with Gasteiger partial charge in [0.1, 0.15) is 0 Å². The van der Waals surface area contributed by atoms with E-state index in [9.17, 15) is 0 Å². The van der Waals surface area contributed by atoms with Crippen molar-refractivity contribution in [3.05, 3.63) is 72.1 Å². The average molecular weight is 240 g/mol. The van der Waals surface area contributed by atoms with Crippen LogP contribution in [0.25, 0.3) is 0 Å². The van der Waals surface area contributed by atoms with E-state index in [-0.39, 0.29) is 7.92 Å². The van der Waals surface area contributed by atoms with Gasteiger partial charge in [0.2, 0.25) is 0 Å². The highest BCUT2D eigenvalue weighted by atomic mass is 31.1. The summed E-state index contributed by atoms with van der Waals surface area (Å²) in [5.74, 6) is 0. The first-order valence-electron chi connectivity index (χ1n) is 5.86. The molecule has 2 aromatic carbocycles. The van der Waals surface area contributed by atoms with Gasteiger partial charge in [-0.05, 0) is 37.7 Å². The topological polar surface area (TPSA) is 0 Å². The predicted octanol–water partition coefficient (Wildman–Crippen LogP) is 4.04. The summed E-state index contributed by atoms with van der Waals surface area (Å²) in [5, 5.41) is 4.30. The molecular weight excluding hydrogens is 223 g/mol. The second-order valence-corrected chi connectivity index (χ2v) is 6.35. The van der Waals surface area contributed by atoms with Gasteiger partial charge in [-0.3, -0.25) is 0 Å². The van der Waals surface area contributed by atoms with Gasteiger partial charge >= 0.3 is 0 Å². The van der Waals surface area contributed by atoms with Crippen molar-refractivity contribution in [3.63, 3.8) is 0 Å². The first-order valence-corrected chi connectivity index (χ1v) is 7.20. The van der Waals surface area contributed by atoms with Gasteiger partial charge in [-0.15, -0.1) is 0 Å². The molecule has 0 bridgehead atoms. The summed E-state index contributed by atoms with van der Waals surface area (Å²) in [6.45, 7) is 4.35. The zero-order valence-electron chi connectivity index (χ0n) is 10.3. The molecule has 2 aromatic rings. The third-order valence-corrected chi connectivity index (χ3v) is 5.39. The molecule has 0 unspecified atom stereocenters. The Balaban J connectivity index is 2.47. The van der Waals surface area contributed by atoms with E-state index >= 15 is 0 Å². The zero-order valence-corrected chi connectivity index (χ0v) is 11.2. The molecule has 0 aliphatic heterocycles. The minimum absolute atomic E-state index is 0.351. The van der Waals surface area contributed by atoms with E-state index in [1.807, 2.05) is 0 Å². The maximum absolute atomic E-state index is 2.23. The quantitative estimate of drug-likeness (QED) is 0.710. The summed E-state index contributed by atoms with van der Waals surface area (Å²) in [6, 6.07) is 21.6. The molecule has 0 spiro atoms. The Labute approximate surface area is 105 Å². The van der Waals surface area contributed by atoms with Crippen LogP contribution in [0.5, 0.6) is 0 Å². The highest BCUT2D eigenvalue weighted by Gasteiger charge is 2.14. The van der Waals surface area contributed by atoms with Crippen molar-refractivity contribution in [1.82, 2.24) is 0 Å². The van der Waals surface area contributed by atoms with Crippen LogP contribution in [0.2, 0.25) is 0 Å². The van der Waals surface area contributed by atoms with Crippen molar-refractivity contribution in [2.45, 2.75) is 13.8 Å². The summed E-state index contributed by atoms with van der Waals surface area (Å²) < 4.78 is 0. The number of hydrogen-bond acceptors (Lipinski definition) is 0. The first kappa shape index (κ1) is 12.1. The molecule has 17 heavy (non-hydrogen) atoms. The zero-order chi connectivity index (χ0) is 12.1. The Morgan fingerprint density at radius 3 is 1.59 bits per heavy atom. The van der Waals surface area contributed by atoms with Crippen LogP contribution in [0.15, 0.2) is 72.1 Å². The molecule has 0 aliphatic carbocycles. The second-order valence-electron chi connectivity index (χ2n) is 3.94. The van der Waals surface area contributed by atoms with Gasteiger partial charge in [0.15, 0.2) is 0 Å². The molecule has 0 fully saturated rings. The molecule has 86 valence electrons. The van der Waals surface area contributed by atoms with Crippen molar-refractivity contribution >= 4 is 18.5 Å². The molecule has 1 heteroatoms. The molecule has 0 saturated carbocycles. The van der Waals surface area contributed by atoms with Gasteiger partial charge in [-0.1, -0.05) is 66.7 Å². The van der Waals surface area contributed by atoms with Crippen molar-refractivity contribution in [2.24, 2.45) is 0 Å². The molecule has 0 atom stereocenters. The monoisotopic (exact) mass is 240 g/mol. The standard InChI is InChI=1S/C16H17P/c1-3-14(2)17(15-10-6-4-7-11-15)16-12-8-5-9-13-16/h3-13H,1-2H3/b14-3+. The average Bonchev–Trinajstić information content (AvgIpc) is 2.41. The van der Waals surface area contributed by atoms with Crippen LogP contribution in [0.3, 0.4) is 0 Å². The van der Waals surface area contributed by atoms with Gasteiger partial charge < -0.3 is 0 Å². The fourth-order valence-corrected chi connectivity index (χ4v) is 4.15. The fourth-order valence-electron chi connectivity index (χ4n) is 1.84. The molecule has 0 nitrogen and oxygen atoms in total. The molecule has 0 radical (unpaired) electrons. The minimum atomic E-state index is -0.351. The molecule has 0 aliphatic rings. The Bertz CT molecular complexity index is 446. The lowest BCUT2D eigenvalue weighted by Crippen LogP contribution is -2.11. The van der Waals surface area contributed by atoms with Crippen molar-refractivity contribution in [3.8, 4) is 0 Å². The van der Waals surface area contributed by atoms with E-state index in [1.165, 1.54) is 15.9 Å². The van der Waals surface area contributed by atoms with Crippen molar-refractivity contribution in [1.29, 1.82) is 0 Å². The van der Waals surface area contributed by atoms with E-state index in [1.54, 1.807) is 0 Å². The van der Waals surface area contributed by atoms with E-state index in [2.05, 4.69) is 80.6 Å². The van der Waals surface area contributed by atoms with E-state index in [4.69, 9.17) is 0 Å². The number of rotatable bonds is 3. The molecule has 0 heterocycles. The van der Waals surface area contributed by atoms with Gasteiger partial charge in [0, 0.05) is 0 Å². The normalized spacial score (nSPS) is 11.8. The van der Waals surface area contributed by atoms with Gasteiger partial charge in [0.25, 0.3) is 0 Å². The summed E-state index contributed by atoms with van der Waals surface area (Å²) in [5.41, 5.74) is 0. The highest BCUT2D eigenvalue weighted by Crippen LogP contribution is 2.41. The smallest absolute Gasteiger partial charge is 0.0154 e. The fraction of sp³-hybridized carbons (Fsp3) is 0.125. The van der Waals surface area contributed by atoms with Crippen LogP contribution in [0, 0.1) is 0 Å². The highest BCUT2D eigenvalue weighted by molar-refractivity contribution is 7.76. The molecule has 0 amide bonds. The summed E-state index contributed by atoms with van der Waals surface area (Å²) >= 11 is 0. The van der Waals surface area contributed by atoms with Crippen LogP contribution in [-0.4, -0.2) is 0 Å². The molecular formula is C16H17P. The minimum Gasteiger partial charge on any atom is -0.0836 e. The van der Waals surface area contributed by atoms with Gasteiger partial charge in [0.05, 0.1) is 0 Å². The van der Waals surface area contributed by atoms with Crippen LogP contribution in [-0.2, 0) is 0 Å². The molecule has 0 saturated heterocycles. The Kier molecular flexibility index (Phi) is 4.12. The Hall–Kier alpha value is -1.39. The largest absolute Gasteiger partial charge is 0.0836 e. The first-order chi connectivity index (χ1) is 8.33. The van der Waals surface area contributed by atoms with E-state index in [0.717, 1.165) is 0 Å². The maximum Gasteiger partial charge on any atom is -0.0154 e. The third-order valence-electron chi connectivity index (χ3n) is 2.80. The molecule has 0 aromatic heterocycles. The summed E-state index contributed by atoms with van der Waals surface area (Å²) in [4.78, 5) is 0. The predicted molar refractivity (Wildman–Crippen MR) is 78.5 cm³/mol. The van der Waals surface area contributed by atoms with Crippen LogP contribution in [0.4, 0.5) is 0 Å². The van der Waals surface area contributed by atoms with E-state index < -0.39 is 0 Å². The van der Waals surface area contributed by atoms with Crippen LogP contribution >= 0.6 is 7.92 Å². The van der Waals surface area contributed by atoms with Crippen LogP contribution in [0.1, 0.15) is 13.8 Å². The SMILES string of the molecule is C/C=C(\C)P(c1ccccc1)c1ccccc1. The Morgan fingerprint density at radius 2 is 1.24 bits per heavy atom. The van der Waals surface area contributed by atoms with Crippen molar-refractivity contribution < 1.29 is 0 Å².